The maximum atomic E-state index is 8.85. The van der Waals surface area contributed by atoms with Gasteiger partial charge in [-0.3, -0.25) is 4.90 Å². The number of hydrogen-bond acceptors (Lipinski definition) is 3. The maximum Gasteiger partial charge on any atom is 0.0991 e. The first-order valence-corrected chi connectivity index (χ1v) is 7.76. The van der Waals surface area contributed by atoms with E-state index in [-0.39, 0.29) is 0 Å². The van der Waals surface area contributed by atoms with Gasteiger partial charge in [0, 0.05) is 25.2 Å². The summed E-state index contributed by atoms with van der Waals surface area (Å²) in [6.45, 7) is 2.28. The molecule has 2 N–H and O–H groups in total. The number of likely N-dealkylation sites (tertiary alicyclic amines) is 1. The van der Waals surface area contributed by atoms with Crippen molar-refractivity contribution in [3.05, 3.63) is 35.4 Å². The Hall–Kier alpha value is -1.37. The molecule has 1 heterocycles. The van der Waals surface area contributed by atoms with E-state index in [0.29, 0.717) is 12.0 Å². The van der Waals surface area contributed by atoms with Crippen molar-refractivity contribution < 1.29 is 0 Å². The molecule has 3 heteroatoms. The van der Waals surface area contributed by atoms with Gasteiger partial charge in [0.1, 0.15) is 0 Å². The highest BCUT2D eigenvalue weighted by Crippen LogP contribution is 2.35. The average molecular weight is 269 g/mol. The molecule has 1 saturated heterocycles. The van der Waals surface area contributed by atoms with E-state index in [9.17, 15) is 0 Å². The molecule has 20 heavy (non-hydrogen) atoms. The Morgan fingerprint density at radius 3 is 2.30 bits per heavy atom. The molecule has 1 aromatic rings. The van der Waals surface area contributed by atoms with Gasteiger partial charge in [0.05, 0.1) is 11.6 Å². The molecule has 1 atom stereocenters. The molecule has 0 amide bonds. The van der Waals surface area contributed by atoms with Crippen molar-refractivity contribution in [1.82, 2.24) is 4.90 Å². The Labute approximate surface area is 121 Å². The van der Waals surface area contributed by atoms with Crippen molar-refractivity contribution in [3.8, 4) is 6.07 Å². The number of hydrogen-bond donors (Lipinski definition) is 1. The highest BCUT2D eigenvalue weighted by atomic mass is 15.2. The van der Waals surface area contributed by atoms with Crippen LogP contribution in [0.3, 0.4) is 0 Å². The van der Waals surface area contributed by atoms with Crippen LogP contribution in [-0.4, -0.2) is 30.1 Å². The van der Waals surface area contributed by atoms with Gasteiger partial charge >= 0.3 is 0 Å². The lowest BCUT2D eigenvalue weighted by Crippen LogP contribution is -2.37. The number of rotatable bonds is 2. The van der Waals surface area contributed by atoms with E-state index >= 15 is 0 Å². The molecule has 0 radical (unpaired) electrons. The van der Waals surface area contributed by atoms with Crippen molar-refractivity contribution in [2.75, 3.05) is 13.1 Å². The summed E-state index contributed by atoms with van der Waals surface area (Å²) in [5.41, 5.74) is 8.17. The Bertz CT molecular complexity index is 480. The second-order valence-corrected chi connectivity index (χ2v) is 6.28. The molecule has 2 aliphatic rings. The molecule has 0 spiro atoms. The number of benzene rings is 1. The normalized spacial score (nSPS) is 31.1. The van der Waals surface area contributed by atoms with Crippen LogP contribution in [0.1, 0.15) is 49.1 Å². The molecule has 106 valence electrons. The van der Waals surface area contributed by atoms with Crippen LogP contribution >= 0.6 is 0 Å². The Balaban J connectivity index is 1.56. The molecule has 0 aromatic heterocycles. The molecule has 2 fully saturated rings. The van der Waals surface area contributed by atoms with Crippen LogP contribution in [0.15, 0.2) is 24.3 Å². The van der Waals surface area contributed by atoms with Gasteiger partial charge in [-0.05, 0) is 55.7 Å². The summed E-state index contributed by atoms with van der Waals surface area (Å²) < 4.78 is 0. The third-order valence-corrected chi connectivity index (χ3v) is 4.98. The molecule has 0 bridgehead atoms. The van der Waals surface area contributed by atoms with Gasteiger partial charge in [0.25, 0.3) is 0 Å². The Kier molecular flexibility index (Phi) is 4.05. The van der Waals surface area contributed by atoms with Crippen LogP contribution in [0.25, 0.3) is 0 Å². The molecule has 1 aliphatic heterocycles. The van der Waals surface area contributed by atoms with E-state index in [1.165, 1.54) is 37.8 Å². The van der Waals surface area contributed by atoms with Gasteiger partial charge < -0.3 is 5.73 Å². The summed E-state index contributed by atoms with van der Waals surface area (Å²) in [5.74, 6) is 0.676. The summed E-state index contributed by atoms with van der Waals surface area (Å²) >= 11 is 0. The Morgan fingerprint density at radius 1 is 1.05 bits per heavy atom. The first-order valence-electron chi connectivity index (χ1n) is 7.76. The first-order chi connectivity index (χ1) is 9.76. The van der Waals surface area contributed by atoms with E-state index < -0.39 is 0 Å². The summed E-state index contributed by atoms with van der Waals surface area (Å²) in [7, 11) is 0. The van der Waals surface area contributed by atoms with Gasteiger partial charge in [0.15, 0.2) is 0 Å². The number of nitriles is 1. The molecule has 1 saturated carbocycles. The minimum absolute atomic E-state index is 0.395. The fourth-order valence-electron chi connectivity index (χ4n) is 3.75. The average Bonchev–Trinajstić information content (AvgIpc) is 2.94. The van der Waals surface area contributed by atoms with Crippen molar-refractivity contribution >= 4 is 0 Å². The van der Waals surface area contributed by atoms with Gasteiger partial charge in [-0.15, -0.1) is 0 Å². The zero-order valence-electron chi connectivity index (χ0n) is 12.0. The van der Waals surface area contributed by atoms with Crippen LogP contribution in [0.5, 0.6) is 0 Å². The first kappa shape index (κ1) is 13.6. The zero-order chi connectivity index (χ0) is 13.9. The van der Waals surface area contributed by atoms with E-state index in [0.717, 1.165) is 24.6 Å². The van der Waals surface area contributed by atoms with Gasteiger partial charge in [0.2, 0.25) is 0 Å². The lowest BCUT2D eigenvalue weighted by molar-refractivity contribution is 0.180. The summed E-state index contributed by atoms with van der Waals surface area (Å²) in [6, 6.07) is 11.5. The van der Waals surface area contributed by atoms with Gasteiger partial charge in [-0.2, -0.15) is 5.26 Å². The van der Waals surface area contributed by atoms with Crippen LogP contribution in [0, 0.1) is 11.3 Å². The summed E-state index contributed by atoms with van der Waals surface area (Å²) in [5, 5.41) is 8.85. The van der Waals surface area contributed by atoms with E-state index in [1.54, 1.807) is 0 Å². The fraction of sp³-hybridized carbons (Fsp3) is 0.588. The topological polar surface area (TPSA) is 53.0 Å². The zero-order valence-corrected chi connectivity index (χ0v) is 12.0. The highest BCUT2D eigenvalue weighted by molar-refractivity contribution is 5.33. The summed E-state index contributed by atoms with van der Waals surface area (Å²) in [6.07, 6.45) is 6.27. The van der Waals surface area contributed by atoms with Gasteiger partial charge in [-0.1, -0.05) is 12.1 Å². The number of nitrogens with zero attached hydrogens (tertiary/aromatic N) is 2. The molecule has 1 aromatic carbocycles. The highest BCUT2D eigenvalue weighted by Gasteiger charge is 2.30. The van der Waals surface area contributed by atoms with Crippen LogP contribution < -0.4 is 5.73 Å². The minimum Gasteiger partial charge on any atom is -0.326 e. The minimum atomic E-state index is 0.395. The van der Waals surface area contributed by atoms with Crippen LogP contribution in [-0.2, 0) is 0 Å². The molecule has 3 rings (SSSR count). The van der Waals surface area contributed by atoms with Crippen molar-refractivity contribution in [2.24, 2.45) is 5.73 Å². The SMILES string of the molecule is N#Cc1ccc(C2CCC(N3CC[C@@H](N)C3)CC2)cc1. The molecular formula is C17H23N3. The standard InChI is InChI=1S/C17H23N3/c18-11-13-1-3-14(4-2-13)15-5-7-17(8-6-15)20-10-9-16(19)12-20/h1-4,15-17H,5-10,12,19H2/t15?,16-,17?/m1/s1. The quantitative estimate of drug-likeness (QED) is 0.898. The third kappa shape index (κ3) is 2.87. The van der Waals surface area contributed by atoms with Gasteiger partial charge in [-0.25, -0.2) is 0 Å². The molecular weight excluding hydrogens is 246 g/mol. The van der Waals surface area contributed by atoms with Crippen LogP contribution in [0.2, 0.25) is 0 Å². The van der Waals surface area contributed by atoms with E-state index in [1.807, 2.05) is 12.1 Å². The molecule has 0 unspecified atom stereocenters. The molecule has 3 nitrogen and oxygen atoms in total. The van der Waals surface area contributed by atoms with E-state index in [2.05, 4.69) is 23.1 Å². The van der Waals surface area contributed by atoms with E-state index in [4.69, 9.17) is 11.0 Å². The molecule has 1 aliphatic carbocycles. The van der Waals surface area contributed by atoms with Crippen LogP contribution in [0.4, 0.5) is 0 Å². The second kappa shape index (κ2) is 5.95. The largest absolute Gasteiger partial charge is 0.326 e. The lowest BCUT2D eigenvalue weighted by atomic mass is 9.81. The fourth-order valence-corrected chi connectivity index (χ4v) is 3.75. The maximum absolute atomic E-state index is 8.85. The van der Waals surface area contributed by atoms with Crippen molar-refractivity contribution in [2.45, 2.75) is 50.1 Å². The predicted octanol–water partition coefficient (Wildman–Crippen LogP) is 2.62. The predicted molar refractivity (Wildman–Crippen MR) is 80.3 cm³/mol. The Morgan fingerprint density at radius 2 is 1.75 bits per heavy atom. The number of nitrogens with two attached hydrogens (primary N) is 1. The smallest absolute Gasteiger partial charge is 0.0991 e. The second-order valence-electron chi connectivity index (χ2n) is 6.28. The third-order valence-electron chi connectivity index (χ3n) is 4.98. The summed E-state index contributed by atoms with van der Waals surface area (Å²) in [4.78, 5) is 2.60. The van der Waals surface area contributed by atoms with Crippen molar-refractivity contribution in [3.63, 3.8) is 0 Å². The lowest BCUT2D eigenvalue weighted by Gasteiger charge is -2.34. The van der Waals surface area contributed by atoms with Crippen molar-refractivity contribution in [1.29, 1.82) is 5.26 Å². The monoisotopic (exact) mass is 269 g/mol.